The molecule has 1 unspecified atom stereocenters. The standard InChI is InChI=1S/C24H29N3O4S/c1-15(28)25-13-12-18-10-11-20(32-18)19(29)14-27-21(30)24(5,26-22(27)31)17-8-6-16(7-9-17)23(2,3)4/h6-11H,12-14H2,1-5H3,(H,25,28)(H,26,31). The van der Waals surface area contributed by atoms with E-state index in [-0.39, 0.29) is 23.7 Å². The molecule has 1 aromatic carbocycles. The number of ketones is 1. The van der Waals surface area contributed by atoms with Crippen LogP contribution in [-0.4, -0.2) is 41.6 Å². The second kappa shape index (κ2) is 8.86. The van der Waals surface area contributed by atoms with Crippen molar-refractivity contribution in [3.63, 3.8) is 0 Å². The highest BCUT2D eigenvalue weighted by atomic mass is 32.1. The molecule has 2 aromatic rings. The molecule has 1 aromatic heterocycles. The second-order valence-electron chi connectivity index (χ2n) is 9.20. The first-order chi connectivity index (χ1) is 14.9. The maximum absolute atomic E-state index is 13.2. The number of amides is 4. The highest BCUT2D eigenvalue weighted by molar-refractivity contribution is 7.14. The maximum Gasteiger partial charge on any atom is 0.325 e. The Labute approximate surface area is 192 Å². The van der Waals surface area contributed by atoms with Crippen LogP contribution < -0.4 is 10.6 Å². The SMILES string of the molecule is CC(=O)NCCc1ccc(C(=O)CN2C(=O)NC(C)(c3ccc(C(C)(C)C)cc3)C2=O)s1. The number of carbonyl (C=O) groups excluding carboxylic acids is 4. The molecule has 0 spiro atoms. The number of urea groups is 1. The van der Waals surface area contributed by atoms with Crippen molar-refractivity contribution in [1.29, 1.82) is 0 Å². The fourth-order valence-electron chi connectivity index (χ4n) is 3.59. The largest absolute Gasteiger partial charge is 0.356 e. The van der Waals surface area contributed by atoms with Crippen LogP contribution in [0, 0.1) is 0 Å². The zero-order chi connectivity index (χ0) is 23.7. The molecule has 3 rings (SSSR count). The molecule has 8 heteroatoms. The summed E-state index contributed by atoms with van der Waals surface area (Å²) in [7, 11) is 0. The Kier molecular flexibility index (Phi) is 6.55. The van der Waals surface area contributed by atoms with E-state index in [1.165, 1.54) is 18.3 Å². The molecule has 0 saturated carbocycles. The van der Waals surface area contributed by atoms with Gasteiger partial charge in [-0.25, -0.2) is 4.79 Å². The number of nitrogens with zero attached hydrogens (tertiary/aromatic N) is 1. The minimum atomic E-state index is -1.22. The molecule has 32 heavy (non-hydrogen) atoms. The van der Waals surface area contributed by atoms with E-state index < -0.39 is 17.5 Å². The zero-order valence-electron chi connectivity index (χ0n) is 19.1. The Morgan fingerprint density at radius 2 is 1.75 bits per heavy atom. The molecular weight excluding hydrogens is 426 g/mol. The van der Waals surface area contributed by atoms with Crippen molar-refractivity contribution in [2.24, 2.45) is 0 Å². The smallest absolute Gasteiger partial charge is 0.325 e. The fraction of sp³-hybridized carbons (Fsp3) is 0.417. The number of rotatable bonds is 7. The van der Waals surface area contributed by atoms with Gasteiger partial charge in [0.2, 0.25) is 5.91 Å². The topological polar surface area (TPSA) is 95.6 Å². The first-order valence-electron chi connectivity index (χ1n) is 10.5. The monoisotopic (exact) mass is 455 g/mol. The maximum atomic E-state index is 13.2. The molecule has 7 nitrogen and oxygen atoms in total. The van der Waals surface area contributed by atoms with Gasteiger partial charge in [-0.15, -0.1) is 11.3 Å². The summed E-state index contributed by atoms with van der Waals surface area (Å²) in [6.07, 6.45) is 0.614. The van der Waals surface area contributed by atoms with E-state index in [2.05, 4.69) is 31.4 Å². The molecule has 2 heterocycles. The first kappa shape index (κ1) is 23.7. The Bertz CT molecular complexity index is 1050. The van der Waals surface area contributed by atoms with E-state index in [1.807, 2.05) is 30.3 Å². The van der Waals surface area contributed by atoms with Crippen LogP contribution in [0.15, 0.2) is 36.4 Å². The van der Waals surface area contributed by atoms with Crippen LogP contribution in [0.4, 0.5) is 4.79 Å². The van der Waals surface area contributed by atoms with E-state index in [0.717, 1.165) is 15.3 Å². The third kappa shape index (κ3) is 4.91. The van der Waals surface area contributed by atoms with Crippen LogP contribution in [0.25, 0.3) is 0 Å². The van der Waals surface area contributed by atoms with E-state index in [9.17, 15) is 19.2 Å². The van der Waals surface area contributed by atoms with Crippen molar-refractivity contribution in [2.45, 2.75) is 52.0 Å². The summed E-state index contributed by atoms with van der Waals surface area (Å²) in [5.74, 6) is -0.842. The van der Waals surface area contributed by atoms with Gasteiger partial charge in [-0.3, -0.25) is 19.3 Å². The second-order valence-corrected chi connectivity index (χ2v) is 10.4. The lowest BCUT2D eigenvalue weighted by Crippen LogP contribution is -2.41. The summed E-state index contributed by atoms with van der Waals surface area (Å²) in [6, 6.07) is 10.6. The Balaban J connectivity index is 1.70. The molecular formula is C24H29N3O4S. The molecule has 1 saturated heterocycles. The average molecular weight is 456 g/mol. The van der Waals surface area contributed by atoms with Crippen LogP contribution in [0.5, 0.6) is 0 Å². The van der Waals surface area contributed by atoms with E-state index in [4.69, 9.17) is 0 Å². The Hall–Kier alpha value is -3.00. The minimum Gasteiger partial charge on any atom is -0.356 e. The van der Waals surface area contributed by atoms with Crippen molar-refractivity contribution in [2.75, 3.05) is 13.1 Å². The number of imide groups is 1. The van der Waals surface area contributed by atoms with Crippen LogP contribution in [0.2, 0.25) is 0 Å². The average Bonchev–Trinajstić information content (AvgIpc) is 3.26. The third-order valence-electron chi connectivity index (χ3n) is 5.59. The van der Waals surface area contributed by atoms with Gasteiger partial charge in [0.05, 0.1) is 11.4 Å². The summed E-state index contributed by atoms with van der Waals surface area (Å²) < 4.78 is 0. The summed E-state index contributed by atoms with van der Waals surface area (Å²) in [5, 5.41) is 5.47. The summed E-state index contributed by atoms with van der Waals surface area (Å²) in [5.41, 5.74) is 0.561. The van der Waals surface area contributed by atoms with Crippen LogP contribution >= 0.6 is 11.3 Å². The van der Waals surface area contributed by atoms with Crippen LogP contribution in [0.3, 0.4) is 0 Å². The van der Waals surface area contributed by atoms with Crippen LogP contribution in [0.1, 0.15) is 60.3 Å². The normalized spacial score (nSPS) is 18.6. The molecule has 1 aliphatic rings. The van der Waals surface area contributed by atoms with E-state index >= 15 is 0 Å². The summed E-state index contributed by atoms with van der Waals surface area (Å²) in [6.45, 7) is 9.61. The highest BCUT2D eigenvalue weighted by Crippen LogP contribution is 2.31. The molecule has 1 fully saturated rings. The number of benzene rings is 1. The molecule has 0 radical (unpaired) electrons. The first-order valence-corrected chi connectivity index (χ1v) is 11.3. The summed E-state index contributed by atoms with van der Waals surface area (Å²) >= 11 is 1.31. The number of thiophene rings is 1. The molecule has 1 aliphatic heterocycles. The van der Waals surface area contributed by atoms with Gasteiger partial charge in [0, 0.05) is 18.3 Å². The van der Waals surface area contributed by atoms with E-state index in [1.54, 1.807) is 13.0 Å². The molecule has 4 amide bonds. The van der Waals surface area contributed by atoms with Crippen molar-refractivity contribution in [3.05, 3.63) is 57.3 Å². The van der Waals surface area contributed by atoms with Crippen molar-refractivity contribution < 1.29 is 19.2 Å². The Morgan fingerprint density at radius 3 is 2.34 bits per heavy atom. The predicted octanol–water partition coefficient (Wildman–Crippen LogP) is 3.37. The molecule has 170 valence electrons. The van der Waals surface area contributed by atoms with Gasteiger partial charge in [-0.05, 0) is 42.0 Å². The van der Waals surface area contributed by atoms with Gasteiger partial charge in [0.1, 0.15) is 5.54 Å². The Morgan fingerprint density at radius 1 is 1.09 bits per heavy atom. The molecule has 0 bridgehead atoms. The predicted molar refractivity (Wildman–Crippen MR) is 124 cm³/mol. The summed E-state index contributed by atoms with van der Waals surface area (Å²) in [4.78, 5) is 51.9. The van der Waals surface area contributed by atoms with Gasteiger partial charge in [-0.1, -0.05) is 45.0 Å². The number of Topliss-reactive ketones (excluding diaryl/α,β-unsaturated/α-hetero) is 1. The quantitative estimate of drug-likeness (QED) is 0.494. The van der Waals surface area contributed by atoms with Crippen LogP contribution in [-0.2, 0) is 27.0 Å². The van der Waals surface area contributed by atoms with E-state index in [0.29, 0.717) is 23.4 Å². The number of hydrogen-bond donors (Lipinski definition) is 2. The van der Waals surface area contributed by atoms with Gasteiger partial charge < -0.3 is 10.6 Å². The van der Waals surface area contributed by atoms with Gasteiger partial charge in [-0.2, -0.15) is 0 Å². The lowest BCUT2D eigenvalue weighted by atomic mass is 9.84. The minimum absolute atomic E-state index is 0.0253. The fourth-order valence-corrected chi connectivity index (χ4v) is 4.52. The third-order valence-corrected chi connectivity index (χ3v) is 6.77. The van der Waals surface area contributed by atoms with Gasteiger partial charge >= 0.3 is 6.03 Å². The van der Waals surface area contributed by atoms with Crippen molar-refractivity contribution >= 4 is 35.0 Å². The molecule has 1 atom stereocenters. The number of nitrogens with one attached hydrogen (secondary N) is 2. The lowest BCUT2D eigenvalue weighted by Gasteiger charge is -2.24. The van der Waals surface area contributed by atoms with Crippen molar-refractivity contribution in [1.82, 2.24) is 15.5 Å². The lowest BCUT2D eigenvalue weighted by molar-refractivity contribution is -0.130. The highest BCUT2D eigenvalue weighted by Gasteiger charge is 2.49. The number of hydrogen-bond acceptors (Lipinski definition) is 5. The molecule has 2 N–H and O–H groups in total. The van der Waals surface area contributed by atoms with Crippen molar-refractivity contribution in [3.8, 4) is 0 Å². The zero-order valence-corrected chi connectivity index (χ0v) is 19.9. The van der Waals surface area contributed by atoms with Gasteiger partial charge in [0.25, 0.3) is 5.91 Å². The number of carbonyl (C=O) groups is 4. The molecule has 0 aliphatic carbocycles. The van der Waals surface area contributed by atoms with Gasteiger partial charge in [0.15, 0.2) is 5.78 Å².